The van der Waals surface area contributed by atoms with E-state index in [9.17, 15) is 4.79 Å². The molecule has 0 heterocycles. The van der Waals surface area contributed by atoms with Gasteiger partial charge in [0.05, 0.1) is 0 Å². The average molecular weight is 192 g/mol. The average Bonchev–Trinajstić information content (AvgIpc) is 2.31. The second-order valence-electron chi connectivity index (χ2n) is 2.20. The lowest BCUT2D eigenvalue weighted by Gasteiger charge is -1.95. The number of nitrogens with one attached hydrogen (secondary N) is 2. The van der Waals surface area contributed by atoms with Gasteiger partial charge in [-0.3, -0.25) is 10.2 Å². The summed E-state index contributed by atoms with van der Waals surface area (Å²) in [6.07, 6.45) is 0.727. The number of carbonyl (C=O) groups excluding carboxylic acids is 1. The molecule has 0 aliphatic heterocycles. The topological polar surface area (TPSA) is 103 Å². The smallest absolute Gasteiger partial charge is 0.173 e. The fourth-order valence-electron chi connectivity index (χ4n) is 0.784. The van der Waals surface area contributed by atoms with Gasteiger partial charge in [0, 0.05) is 11.1 Å². The van der Waals surface area contributed by atoms with Crippen molar-refractivity contribution < 1.29 is 4.79 Å². The van der Waals surface area contributed by atoms with Crippen molar-refractivity contribution in [1.82, 2.24) is 0 Å². The highest BCUT2D eigenvalue weighted by atomic mass is 16.1. The molecule has 0 radical (unpaired) electrons. The van der Waals surface area contributed by atoms with Crippen LogP contribution in [0.4, 0.5) is 0 Å². The van der Waals surface area contributed by atoms with Crippen LogP contribution in [0.15, 0.2) is 29.4 Å². The van der Waals surface area contributed by atoms with Crippen molar-refractivity contribution >= 4 is 12.1 Å². The van der Waals surface area contributed by atoms with E-state index in [2.05, 4.69) is 10.8 Å². The molecule has 0 saturated carbocycles. The van der Waals surface area contributed by atoms with Crippen molar-refractivity contribution in [1.29, 1.82) is 10.9 Å². The number of nitrogens with two attached hydrogens (primary N) is 1. The number of amidine groups is 1. The maximum atomic E-state index is 10.2. The molecule has 0 fully saturated rings. The van der Waals surface area contributed by atoms with Crippen LogP contribution in [0.1, 0.15) is 15.9 Å². The van der Waals surface area contributed by atoms with Gasteiger partial charge in [-0.2, -0.15) is 0 Å². The van der Waals surface area contributed by atoms with Crippen molar-refractivity contribution in [2.45, 2.75) is 0 Å². The van der Waals surface area contributed by atoms with Gasteiger partial charge in [0.1, 0.15) is 6.29 Å². The highest BCUT2D eigenvalue weighted by molar-refractivity contribution is 5.96. The molecule has 0 atom stereocenters. The van der Waals surface area contributed by atoms with Crippen LogP contribution in [0, 0.1) is 10.9 Å². The fraction of sp³-hybridized carbons (Fsp3) is 0.111. The molecule has 0 saturated heterocycles. The van der Waals surface area contributed by atoms with Gasteiger partial charge in [0.2, 0.25) is 0 Å². The minimum atomic E-state index is -0.104. The van der Waals surface area contributed by atoms with Gasteiger partial charge in [0.25, 0.3) is 0 Å². The maximum Gasteiger partial charge on any atom is 0.173 e. The van der Waals surface area contributed by atoms with Crippen LogP contribution in [0.25, 0.3) is 0 Å². The fourth-order valence-corrected chi connectivity index (χ4v) is 0.784. The van der Waals surface area contributed by atoms with Crippen molar-refractivity contribution in [2.75, 3.05) is 7.05 Å². The number of benzene rings is 1. The monoisotopic (exact) mass is 192 g/mol. The predicted molar refractivity (Wildman–Crippen MR) is 53.9 cm³/mol. The lowest BCUT2D eigenvalue weighted by Crippen LogP contribution is -1.93. The lowest BCUT2D eigenvalue weighted by atomic mass is 10.1. The summed E-state index contributed by atoms with van der Waals surface area (Å²) in [7, 11) is 1.50. The van der Waals surface area contributed by atoms with E-state index in [1.807, 2.05) is 0 Å². The van der Waals surface area contributed by atoms with E-state index in [1.54, 1.807) is 24.3 Å². The van der Waals surface area contributed by atoms with Crippen LogP contribution in [-0.4, -0.2) is 19.2 Å². The Balaban J connectivity index is 0.000000791. The third-order valence-corrected chi connectivity index (χ3v) is 1.43. The van der Waals surface area contributed by atoms with E-state index in [-0.39, 0.29) is 5.84 Å². The first-order chi connectivity index (χ1) is 6.77. The summed E-state index contributed by atoms with van der Waals surface area (Å²) in [5.74, 6) is -0.104. The largest absolute Gasteiger partial charge is 0.333 e. The second-order valence-corrected chi connectivity index (χ2v) is 2.20. The first-order valence-electron chi connectivity index (χ1n) is 3.87. The third-order valence-electron chi connectivity index (χ3n) is 1.43. The van der Waals surface area contributed by atoms with Crippen molar-refractivity contribution in [2.24, 2.45) is 10.8 Å². The van der Waals surface area contributed by atoms with Crippen LogP contribution in [0.2, 0.25) is 0 Å². The Morgan fingerprint density at radius 2 is 1.86 bits per heavy atom. The number of hydrogen-bond acceptors (Lipinski definition) is 4. The van der Waals surface area contributed by atoms with Crippen molar-refractivity contribution in [3.05, 3.63) is 35.4 Å². The SMILES string of the molecule is CN.N=NC(=N)c1ccc(C=O)cc1. The zero-order chi connectivity index (χ0) is 11.0. The first-order valence-corrected chi connectivity index (χ1v) is 3.87. The zero-order valence-electron chi connectivity index (χ0n) is 7.82. The summed E-state index contributed by atoms with van der Waals surface area (Å²) < 4.78 is 0. The molecule has 0 aliphatic carbocycles. The molecule has 5 nitrogen and oxygen atoms in total. The summed E-state index contributed by atoms with van der Waals surface area (Å²) in [4.78, 5) is 10.2. The Bertz CT molecular complexity index is 318. The van der Waals surface area contributed by atoms with Crippen LogP contribution in [-0.2, 0) is 0 Å². The quantitative estimate of drug-likeness (QED) is 0.285. The molecule has 74 valence electrons. The van der Waals surface area contributed by atoms with Gasteiger partial charge in [-0.05, 0) is 7.05 Å². The van der Waals surface area contributed by atoms with Crippen LogP contribution in [0.3, 0.4) is 0 Å². The van der Waals surface area contributed by atoms with E-state index < -0.39 is 0 Å². The van der Waals surface area contributed by atoms with Gasteiger partial charge >= 0.3 is 0 Å². The van der Waals surface area contributed by atoms with Crippen molar-refractivity contribution in [3.63, 3.8) is 0 Å². The van der Waals surface area contributed by atoms with Gasteiger partial charge in [-0.25, -0.2) is 5.53 Å². The Morgan fingerprint density at radius 1 is 1.36 bits per heavy atom. The maximum absolute atomic E-state index is 10.2. The molecule has 14 heavy (non-hydrogen) atoms. The molecule has 1 rings (SSSR count). The molecular weight excluding hydrogens is 180 g/mol. The van der Waals surface area contributed by atoms with Gasteiger partial charge in [-0.15, -0.1) is 5.11 Å². The minimum Gasteiger partial charge on any atom is -0.333 e. The van der Waals surface area contributed by atoms with Crippen molar-refractivity contribution in [3.8, 4) is 0 Å². The molecule has 1 aromatic rings. The summed E-state index contributed by atoms with van der Waals surface area (Å²) in [6, 6.07) is 6.35. The summed E-state index contributed by atoms with van der Waals surface area (Å²) >= 11 is 0. The number of hydrogen-bond donors (Lipinski definition) is 3. The predicted octanol–water partition coefficient (Wildman–Crippen LogP) is 1.43. The highest BCUT2D eigenvalue weighted by Crippen LogP contribution is 2.03. The standard InChI is InChI=1S/C8H7N3O.CH5N/c9-8(11-10)7-3-1-6(5-12)2-4-7;1-2/h1-5,9-10H;2H2,1H3. The normalized spacial score (nSPS) is 8.14. The highest BCUT2D eigenvalue weighted by Gasteiger charge is 1.97. The number of nitrogens with zero attached hydrogens (tertiary/aromatic N) is 1. The van der Waals surface area contributed by atoms with Gasteiger partial charge in [-0.1, -0.05) is 24.3 Å². The van der Waals surface area contributed by atoms with Gasteiger partial charge in [0.15, 0.2) is 5.84 Å². The molecule has 0 spiro atoms. The first kappa shape index (κ1) is 12.1. The molecule has 0 unspecified atom stereocenters. The number of rotatable bonds is 2. The van der Waals surface area contributed by atoms with E-state index in [4.69, 9.17) is 10.9 Å². The van der Waals surface area contributed by atoms with E-state index in [0.717, 1.165) is 6.29 Å². The molecule has 1 aromatic carbocycles. The minimum absolute atomic E-state index is 0.104. The van der Waals surface area contributed by atoms with Crippen LogP contribution in [0.5, 0.6) is 0 Å². The summed E-state index contributed by atoms with van der Waals surface area (Å²) in [5.41, 5.74) is 12.2. The molecule has 0 amide bonds. The number of aldehydes is 1. The van der Waals surface area contributed by atoms with E-state index in [0.29, 0.717) is 11.1 Å². The molecule has 4 N–H and O–H groups in total. The Hall–Kier alpha value is -1.88. The number of carbonyl (C=O) groups is 1. The molecule has 5 heteroatoms. The molecule has 0 bridgehead atoms. The molecule has 0 aromatic heterocycles. The van der Waals surface area contributed by atoms with Gasteiger partial charge < -0.3 is 5.73 Å². The Morgan fingerprint density at radius 3 is 2.21 bits per heavy atom. The summed E-state index contributed by atoms with van der Waals surface area (Å²) in [5, 5.41) is 10.1. The Labute approximate surface area is 82.0 Å². The zero-order valence-corrected chi connectivity index (χ0v) is 7.82. The van der Waals surface area contributed by atoms with E-state index in [1.165, 1.54) is 7.05 Å². The Kier molecular flexibility index (Phi) is 5.73. The lowest BCUT2D eigenvalue weighted by molar-refractivity contribution is 0.112. The molecule has 0 aliphatic rings. The molecular formula is C9H12N4O. The third kappa shape index (κ3) is 3.24. The van der Waals surface area contributed by atoms with Crippen LogP contribution >= 0.6 is 0 Å². The second kappa shape index (κ2) is 6.62. The van der Waals surface area contributed by atoms with E-state index >= 15 is 0 Å². The summed E-state index contributed by atoms with van der Waals surface area (Å²) in [6.45, 7) is 0. The van der Waals surface area contributed by atoms with Crippen LogP contribution < -0.4 is 5.73 Å².